The van der Waals surface area contributed by atoms with Gasteiger partial charge in [-0.2, -0.15) is 4.98 Å². The number of aromatic nitrogens is 2. The molecule has 0 amide bonds. The lowest BCUT2D eigenvalue weighted by Gasteiger charge is -2.30. The molecule has 1 aliphatic heterocycles. The highest BCUT2D eigenvalue weighted by atomic mass is 35.5. The van der Waals surface area contributed by atoms with Crippen molar-refractivity contribution in [1.82, 2.24) is 15.0 Å². The van der Waals surface area contributed by atoms with E-state index >= 15 is 0 Å². The van der Waals surface area contributed by atoms with Gasteiger partial charge >= 0.3 is 0 Å². The predicted octanol–water partition coefficient (Wildman–Crippen LogP) is 5.08. The van der Waals surface area contributed by atoms with Crippen molar-refractivity contribution in [2.45, 2.75) is 32.2 Å². The fourth-order valence-corrected chi connectivity index (χ4v) is 3.62. The highest BCUT2D eigenvalue weighted by Crippen LogP contribution is 2.29. The summed E-state index contributed by atoms with van der Waals surface area (Å²) in [5, 5.41) is 5.01. The first-order valence-electron chi connectivity index (χ1n) is 9.05. The second kappa shape index (κ2) is 7.60. The molecule has 1 aromatic heterocycles. The monoisotopic (exact) mass is 367 g/mol. The van der Waals surface area contributed by atoms with Crippen molar-refractivity contribution >= 4 is 11.6 Å². The summed E-state index contributed by atoms with van der Waals surface area (Å²) in [7, 11) is 0. The minimum absolute atomic E-state index is 0.337. The van der Waals surface area contributed by atoms with Crippen molar-refractivity contribution < 1.29 is 4.52 Å². The molecule has 3 aromatic rings. The Balaban J connectivity index is 1.38. The van der Waals surface area contributed by atoms with Gasteiger partial charge in [-0.15, -0.1) is 0 Å². The zero-order valence-corrected chi connectivity index (χ0v) is 15.6. The van der Waals surface area contributed by atoms with Crippen LogP contribution in [0.2, 0.25) is 5.02 Å². The Morgan fingerprint density at radius 3 is 2.54 bits per heavy atom. The average molecular weight is 368 g/mol. The van der Waals surface area contributed by atoms with E-state index in [1.165, 1.54) is 11.1 Å². The molecule has 0 bridgehead atoms. The molecule has 0 unspecified atom stereocenters. The minimum atomic E-state index is 0.337. The number of aryl methyl sites for hydroxylation is 1. The molecule has 134 valence electrons. The van der Waals surface area contributed by atoms with Crippen LogP contribution in [0.15, 0.2) is 53.1 Å². The summed E-state index contributed by atoms with van der Waals surface area (Å²) in [5.74, 6) is 1.78. The maximum absolute atomic E-state index is 6.28. The summed E-state index contributed by atoms with van der Waals surface area (Å²) >= 11 is 6.28. The van der Waals surface area contributed by atoms with Crippen LogP contribution < -0.4 is 0 Å². The third-order valence-corrected chi connectivity index (χ3v) is 5.41. The van der Waals surface area contributed by atoms with Gasteiger partial charge in [-0.3, -0.25) is 4.90 Å². The first kappa shape index (κ1) is 17.3. The van der Waals surface area contributed by atoms with E-state index in [-0.39, 0.29) is 0 Å². The SMILES string of the molecule is Cc1ccc(-c2noc(C3CCN(Cc4ccccc4Cl)CC3)n2)cc1. The molecule has 0 aliphatic carbocycles. The van der Waals surface area contributed by atoms with Crippen molar-refractivity contribution in [3.8, 4) is 11.4 Å². The van der Waals surface area contributed by atoms with Crippen molar-refractivity contribution in [2.24, 2.45) is 0 Å². The smallest absolute Gasteiger partial charge is 0.230 e. The van der Waals surface area contributed by atoms with Crippen molar-refractivity contribution in [3.63, 3.8) is 0 Å². The summed E-state index contributed by atoms with van der Waals surface area (Å²) < 4.78 is 5.56. The van der Waals surface area contributed by atoms with E-state index in [1.807, 2.05) is 30.3 Å². The van der Waals surface area contributed by atoms with Crippen LogP contribution in [-0.4, -0.2) is 28.1 Å². The molecule has 2 aromatic carbocycles. The molecule has 0 N–H and O–H groups in total. The van der Waals surface area contributed by atoms with Gasteiger partial charge in [0.05, 0.1) is 0 Å². The number of hydrogen-bond acceptors (Lipinski definition) is 4. The zero-order chi connectivity index (χ0) is 17.9. The highest BCUT2D eigenvalue weighted by molar-refractivity contribution is 6.31. The van der Waals surface area contributed by atoms with Gasteiger partial charge in [-0.25, -0.2) is 0 Å². The molecule has 2 heterocycles. The number of nitrogens with zero attached hydrogens (tertiary/aromatic N) is 3. The van der Waals surface area contributed by atoms with Crippen LogP contribution in [0, 0.1) is 6.92 Å². The van der Waals surface area contributed by atoms with E-state index in [4.69, 9.17) is 16.1 Å². The van der Waals surface area contributed by atoms with Gasteiger partial charge in [0, 0.05) is 23.0 Å². The van der Waals surface area contributed by atoms with Crippen LogP contribution in [-0.2, 0) is 6.54 Å². The van der Waals surface area contributed by atoms with E-state index in [9.17, 15) is 0 Å². The second-order valence-corrected chi connectivity index (χ2v) is 7.37. The number of likely N-dealkylation sites (tertiary alicyclic amines) is 1. The number of hydrogen-bond donors (Lipinski definition) is 0. The van der Waals surface area contributed by atoms with Crippen LogP contribution in [0.1, 0.15) is 35.8 Å². The van der Waals surface area contributed by atoms with E-state index < -0.39 is 0 Å². The lowest BCUT2D eigenvalue weighted by Crippen LogP contribution is -2.32. The molecule has 4 rings (SSSR count). The fourth-order valence-electron chi connectivity index (χ4n) is 3.43. The molecule has 0 atom stereocenters. The first-order valence-corrected chi connectivity index (χ1v) is 9.43. The Morgan fingerprint density at radius 1 is 1.08 bits per heavy atom. The predicted molar refractivity (Wildman–Crippen MR) is 103 cm³/mol. The quantitative estimate of drug-likeness (QED) is 0.645. The zero-order valence-electron chi connectivity index (χ0n) is 14.9. The highest BCUT2D eigenvalue weighted by Gasteiger charge is 2.25. The topological polar surface area (TPSA) is 42.2 Å². The fraction of sp³-hybridized carbons (Fsp3) is 0.333. The molecule has 1 saturated heterocycles. The first-order chi connectivity index (χ1) is 12.7. The van der Waals surface area contributed by atoms with Gasteiger partial charge in [-0.05, 0) is 44.5 Å². The molecule has 1 fully saturated rings. The third-order valence-electron chi connectivity index (χ3n) is 5.04. The third kappa shape index (κ3) is 3.81. The Morgan fingerprint density at radius 2 is 1.81 bits per heavy atom. The van der Waals surface area contributed by atoms with Crippen molar-refractivity contribution in [3.05, 3.63) is 70.6 Å². The lowest BCUT2D eigenvalue weighted by atomic mass is 9.96. The van der Waals surface area contributed by atoms with E-state index in [0.717, 1.165) is 49.0 Å². The number of rotatable bonds is 4. The molecule has 0 radical (unpaired) electrons. The van der Waals surface area contributed by atoms with Crippen LogP contribution in [0.25, 0.3) is 11.4 Å². The Bertz CT molecular complexity index is 867. The van der Waals surface area contributed by atoms with E-state index in [2.05, 4.69) is 40.2 Å². The van der Waals surface area contributed by atoms with Gasteiger partial charge in [0.15, 0.2) is 0 Å². The average Bonchev–Trinajstić information content (AvgIpc) is 3.15. The summed E-state index contributed by atoms with van der Waals surface area (Å²) in [6.07, 6.45) is 2.06. The Labute approximate surface area is 158 Å². The van der Waals surface area contributed by atoms with Gasteiger partial charge in [-0.1, -0.05) is 64.8 Å². The van der Waals surface area contributed by atoms with Crippen molar-refractivity contribution in [2.75, 3.05) is 13.1 Å². The minimum Gasteiger partial charge on any atom is -0.339 e. The van der Waals surface area contributed by atoms with Gasteiger partial charge in [0.2, 0.25) is 11.7 Å². The van der Waals surface area contributed by atoms with Gasteiger partial charge in [0.1, 0.15) is 0 Å². The van der Waals surface area contributed by atoms with Crippen molar-refractivity contribution in [1.29, 1.82) is 0 Å². The number of piperidine rings is 1. The summed E-state index contributed by atoms with van der Waals surface area (Å²) in [6, 6.07) is 16.3. The molecule has 26 heavy (non-hydrogen) atoms. The van der Waals surface area contributed by atoms with Crippen LogP contribution in [0.3, 0.4) is 0 Å². The number of halogens is 1. The number of benzene rings is 2. The second-order valence-electron chi connectivity index (χ2n) is 6.96. The van der Waals surface area contributed by atoms with Crippen LogP contribution >= 0.6 is 11.6 Å². The maximum Gasteiger partial charge on any atom is 0.230 e. The summed E-state index contributed by atoms with van der Waals surface area (Å²) in [6.45, 7) is 4.99. The standard InChI is InChI=1S/C21H22ClN3O/c1-15-6-8-16(9-7-15)20-23-21(26-24-20)17-10-12-25(13-11-17)14-18-4-2-3-5-19(18)22/h2-9,17H,10-14H2,1H3. The molecule has 1 aliphatic rings. The Kier molecular flexibility index (Phi) is 5.05. The van der Waals surface area contributed by atoms with E-state index in [0.29, 0.717) is 11.7 Å². The summed E-state index contributed by atoms with van der Waals surface area (Å²) in [5.41, 5.74) is 3.41. The van der Waals surface area contributed by atoms with Crippen LogP contribution in [0.5, 0.6) is 0 Å². The Hall–Kier alpha value is -2.17. The largest absolute Gasteiger partial charge is 0.339 e. The van der Waals surface area contributed by atoms with Crippen LogP contribution in [0.4, 0.5) is 0 Å². The lowest BCUT2D eigenvalue weighted by molar-refractivity contribution is 0.187. The molecule has 4 nitrogen and oxygen atoms in total. The summed E-state index contributed by atoms with van der Waals surface area (Å²) in [4.78, 5) is 7.08. The molecule has 0 saturated carbocycles. The van der Waals surface area contributed by atoms with Gasteiger partial charge in [0.25, 0.3) is 0 Å². The van der Waals surface area contributed by atoms with E-state index in [1.54, 1.807) is 0 Å². The molecular formula is C21H22ClN3O. The molecular weight excluding hydrogens is 346 g/mol. The molecule has 5 heteroatoms. The van der Waals surface area contributed by atoms with Gasteiger partial charge < -0.3 is 4.52 Å². The molecule has 0 spiro atoms. The normalized spacial score (nSPS) is 16.1. The maximum atomic E-state index is 6.28.